The first-order chi connectivity index (χ1) is 6.06. The number of phenolic OH excluding ortho intramolecular Hbond substituents is 1. The highest BCUT2D eigenvalue weighted by atomic mass is 19.2. The van der Waals surface area contributed by atoms with Crippen molar-refractivity contribution in [3.8, 4) is 11.8 Å². The van der Waals surface area contributed by atoms with Gasteiger partial charge in [0.2, 0.25) is 0 Å². The van der Waals surface area contributed by atoms with Crippen LogP contribution in [0, 0.1) is 23.0 Å². The number of nitrogens with zero attached hydrogens (tertiary/aromatic N) is 1. The topological polar surface area (TPSA) is 64.2 Å². The second-order valence-electron chi connectivity index (χ2n) is 2.36. The summed E-state index contributed by atoms with van der Waals surface area (Å²) in [7, 11) is 0. The number of aliphatic hydroxyl groups excluding tert-OH is 1. The van der Waals surface area contributed by atoms with Crippen LogP contribution in [0.3, 0.4) is 0 Å². The number of halogens is 2. The lowest BCUT2D eigenvalue weighted by Gasteiger charge is -2.05. The molecule has 0 bridgehead atoms. The summed E-state index contributed by atoms with van der Waals surface area (Å²) in [6.45, 7) is 0. The number of benzene rings is 1. The summed E-state index contributed by atoms with van der Waals surface area (Å²) in [5.74, 6) is -3.10. The number of hydrogen-bond donors (Lipinski definition) is 2. The highest BCUT2D eigenvalue weighted by molar-refractivity contribution is 5.37. The van der Waals surface area contributed by atoms with Gasteiger partial charge in [-0.25, -0.2) is 8.78 Å². The van der Waals surface area contributed by atoms with E-state index in [1.165, 1.54) is 6.07 Å². The van der Waals surface area contributed by atoms with Gasteiger partial charge in [0.05, 0.1) is 6.07 Å². The average Bonchev–Trinajstić information content (AvgIpc) is 2.10. The predicted molar refractivity (Wildman–Crippen MR) is 38.6 cm³/mol. The van der Waals surface area contributed by atoms with Gasteiger partial charge >= 0.3 is 0 Å². The first kappa shape index (κ1) is 9.42. The van der Waals surface area contributed by atoms with Gasteiger partial charge in [0.1, 0.15) is 5.75 Å². The Morgan fingerprint density at radius 3 is 2.38 bits per heavy atom. The zero-order valence-electron chi connectivity index (χ0n) is 6.33. The Labute approximate surface area is 72.5 Å². The van der Waals surface area contributed by atoms with Crippen LogP contribution in [0.2, 0.25) is 0 Å². The summed E-state index contributed by atoms with van der Waals surface area (Å²) in [5, 5.41) is 26.2. The molecule has 0 fully saturated rings. The predicted octanol–water partition coefficient (Wildman–Crippen LogP) is 1.23. The molecule has 1 aromatic carbocycles. The lowest BCUT2D eigenvalue weighted by atomic mass is 10.1. The molecular weight excluding hydrogens is 180 g/mol. The highest BCUT2D eigenvalue weighted by Gasteiger charge is 2.15. The van der Waals surface area contributed by atoms with Crippen LogP contribution in [-0.2, 0) is 0 Å². The third-order valence-corrected chi connectivity index (χ3v) is 1.49. The molecule has 3 nitrogen and oxygen atoms in total. The molecule has 2 N–H and O–H groups in total. The molecule has 0 aromatic heterocycles. The molecular formula is C8H5F2NO2. The number of phenols is 1. The quantitative estimate of drug-likeness (QED) is 0.646. The van der Waals surface area contributed by atoms with Crippen molar-refractivity contribution >= 4 is 0 Å². The van der Waals surface area contributed by atoms with E-state index in [0.717, 1.165) is 0 Å². The van der Waals surface area contributed by atoms with Crippen molar-refractivity contribution in [3.63, 3.8) is 0 Å². The minimum Gasteiger partial charge on any atom is -0.507 e. The lowest BCUT2D eigenvalue weighted by Crippen LogP contribution is -1.96. The molecule has 0 heterocycles. The summed E-state index contributed by atoms with van der Waals surface area (Å²) in [5.41, 5.74) is -0.346. The van der Waals surface area contributed by atoms with E-state index < -0.39 is 23.5 Å². The minimum absolute atomic E-state index is 0.346. The van der Waals surface area contributed by atoms with Crippen molar-refractivity contribution in [2.45, 2.75) is 6.10 Å². The number of nitriles is 1. The van der Waals surface area contributed by atoms with E-state index in [1.807, 2.05) is 0 Å². The van der Waals surface area contributed by atoms with Crippen molar-refractivity contribution in [3.05, 3.63) is 29.3 Å². The second-order valence-corrected chi connectivity index (χ2v) is 2.36. The van der Waals surface area contributed by atoms with Gasteiger partial charge in [-0.2, -0.15) is 5.26 Å². The number of aromatic hydroxyl groups is 1. The van der Waals surface area contributed by atoms with Gasteiger partial charge in [-0.3, -0.25) is 0 Å². The smallest absolute Gasteiger partial charge is 0.169 e. The Bertz CT molecular complexity index is 373. The normalized spacial score (nSPS) is 12.2. The standard InChI is InChI=1S/C8H5F2NO2/c9-5-1-4(8(13)3-11)7(12)2-6(5)10/h1-2,8,12-13H. The van der Waals surface area contributed by atoms with Gasteiger partial charge < -0.3 is 10.2 Å². The fraction of sp³-hybridized carbons (Fsp3) is 0.125. The van der Waals surface area contributed by atoms with Gasteiger partial charge in [-0.15, -0.1) is 0 Å². The maximum Gasteiger partial charge on any atom is 0.169 e. The van der Waals surface area contributed by atoms with Gasteiger partial charge in [-0.1, -0.05) is 0 Å². The Hall–Kier alpha value is -1.67. The van der Waals surface area contributed by atoms with E-state index in [4.69, 9.17) is 15.5 Å². The molecule has 5 heteroatoms. The first-order valence-electron chi connectivity index (χ1n) is 3.32. The van der Waals surface area contributed by atoms with E-state index in [0.29, 0.717) is 12.1 Å². The van der Waals surface area contributed by atoms with Crippen LogP contribution in [0.15, 0.2) is 12.1 Å². The Balaban J connectivity index is 3.25. The molecule has 1 aromatic rings. The van der Waals surface area contributed by atoms with Crippen LogP contribution >= 0.6 is 0 Å². The fourth-order valence-corrected chi connectivity index (χ4v) is 0.840. The van der Waals surface area contributed by atoms with Gasteiger partial charge in [0.25, 0.3) is 0 Å². The number of aliphatic hydroxyl groups is 1. The summed E-state index contributed by atoms with van der Waals surface area (Å²) in [4.78, 5) is 0. The number of hydrogen-bond acceptors (Lipinski definition) is 3. The Kier molecular flexibility index (Phi) is 2.44. The van der Waals surface area contributed by atoms with Crippen LogP contribution in [0.4, 0.5) is 8.78 Å². The van der Waals surface area contributed by atoms with E-state index in [1.54, 1.807) is 0 Å². The first-order valence-corrected chi connectivity index (χ1v) is 3.32. The summed E-state index contributed by atoms with van der Waals surface area (Å²) >= 11 is 0. The molecule has 1 unspecified atom stereocenters. The SMILES string of the molecule is N#CC(O)c1cc(F)c(F)cc1O. The molecule has 0 radical (unpaired) electrons. The highest BCUT2D eigenvalue weighted by Crippen LogP contribution is 2.26. The minimum atomic E-state index is -1.66. The summed E-state index contributed by atoms with van der Waals surface area (Å²) < 4.78 is 25.0. The van der Waals surface area contributed by atoms with Crippen LogP contribution in [0.5, 0.6) is 5.75 Å². The van der Waals surface area contributed by atoms with Crippen LogP contribution in [-0.4, -0.2) is 10.2 Å². The van der Waals surface area contributed by atoms with E-state index in [2.05, 4.69) is 0 Å². The molecule has 68 valence electrons. The monoisotopic (exact) mass is 185 g/mol. The van der Waals surface area contributed by atoms with E-state index >= 15 is 0 Å². The third-order valence-electron chi connectivity index (χ3n) is 1.49. The zero-order valence-corrected chi connectivity index (χ0v) is 6.33. The molecule has 0 saturated carbocycles. The third kappa shape index (κ3) is 1.73. The van der Waals surface area contributed by atoms with Crippen molar-refractivity contribution in [1.82, 2.24) is 0 Å². The lowest BCUT2D eigenvalue weighted by molar-refractivity contribution is 0.229. The molecule has 0 spiro atoms. The molecule has 1 rings (SSSR count). The maximum atomic E-state index is 12.5. The molecule has 0 aliphatic rings. The molecule has 1 atom stereocenters. The molecule has 13 heavy (non-hydrogen) atoms. The van der Waals surface area contributed by atoms with Crippen molar-refractivity contribution in [1.29, 1.82) is 5.26 Å². The fourth-order valence-electron chi connectivity index (χ4n) is 0.840. The van der Waals surface area contributed by atoms with Crippen molar-refractivity contribution < 1.29 is 19.0 Å². The second kappa shape index (κ2) is 3.37. The van der Waals surface area contributed by atoms with Gasteiger partial charge in [0.15, 0.2) is 17.7 Å². The van der Waals surface area contributed by atoms with Gasteiger partial charge in [-0.05, 0) is 6.07 Å². The van der Waals surface area contributed by atoms with E-state index in [9.17, 15) is 8.78 Å². The van der Waals surface area contributed by atoms with Gasteiger partial charge in [0, 0.05) is 11.6 Å². The van der Waals surface area contributed by atoms with Crippen molar-refractivity contribution in [2.75, 3.05) is 0 Å². The van der Waals surface area contributed by atoms with E-state index in [-0.39, 0.29) is 5.56 Å². The molecule has 0 saturated heterocycles. The van der Waals surface area contributed by atoms with Crippen LogP contribution < -0.4 is 0 Å². The van der Waals surface area contributed by atoms with Crippen LogP contribution in [0.25, 0.3) is 0 Å². The average molecular weight is 185 g/mol. The Morgan fingerprint density at radius 1 is 1.31 bits per heavy atom. The summed E-state index contributed by atoms with van der Waals surface area (Å²) in [6.07, 6.45) is -1.66. The number of rotatable bonds is 1. The molecule has 0 aliphatic carbocycles. The van der Waals surface area contributed by atoms with Crippen LogP contribution in [0.1, 0.15) is 11.7 Å². The maximum absolute atomic E-state index is 12.5. The van der Waals surface area contributed by atoms with Crippen molar-refractivity contribution in [2.24, 2.45) is 0 Å². The zero-order chi connectivity index (χ0) is 10.0. The largest absolute Gasteiger partial charge is 0.507 e. The molecule has 0 amide bonds. The Morgan fingerprint density at radius 2 is 1.85 bits per heavy atom. The summed E-state index contributed by atoms with van der Waals surface area (Å²) in [6, 6.07) is 2.46. The molecule has 0 aliphatic heterocycles.